The molecule has 0 aromatic heterocycles. The summed E-state index contributed by atoms with van der Waals surface area (Å²) in [5.41, 5.74) is 1.47. The number of halogens is 4. The Morgan fingerprint density at radius 1 is 0.714 bits per heavy atom. The van der Waals surface area contributed by atoms with E-state index < -0.39 is 17.5 Å². The Labute approximate surface area is 202 Å². The third-order valence-electron chi connectivity index (χ3n) is 5.72. The summed E-state index contributed by atoms with van der Waals surface area (Å²) in [6.45, 7) is 2.41. The van der Waals surface area contributed by atoms with Crippen molar-refractivity contribution in [2.45, 2.75) is 32.6 Å². The fourth-order valence-electron chi connectivity index (χ4n) is 3.75. The van der Waals surface area contributed by atoms with Gasteiger partial charge in [0.1, 0.15) is 29.0 Å². The van der Waals surface area contributed by atoms with Crippen LogP contribution in [0, 0.1) is 35.1 Å². The average molecular weight is 477 g/mol. The molecular formula is C30H24F4O. The quantitative estimate of drug-likeness (QED) is 0.150. The largest absolute Gasteiger partial charge is 0.493 e. The number of unbranched alkanes of at least 4 members (excludes halogenated alkanes) is 1. The maximum atomic E-state index is 14.6. The van der Waals surface area contributed by atoms with Crippen molar-refractivity contribution in [3.63, 3.8) is 0 Å². The number of ether oxygens (including phenoxy) is 1. The van der Waals surface area contributed by atoms with Gasteiger partial charge in [-0.1, -0.05) is 43.4 Å². The third kappa shape index (κ3) is 6.22. The number of rotatable bonds is 7. The molecule has 0 bridgehead atoms. The summed E-state index contributed by atoms with van der Waals surface area (Å²) in [6.07, 6.45) is 2.10. The van der Waals surface area contributed by atoms with Gasteiger partial charge in [-0.3, -0.25) is 0 Å². The Kier molecular flexibility index (Phi) is 7.72. The van der Waals surface area contributed by atoms with E-state index in [1.807, 2.05) is 13.0 Å². The molecule has 1 nitrogen and oxygen atoms in total. The number of benzene rings is 4. The second-order valence-corrected chi connectivity index (χ2v) is 8.34. The molecule has 0 amide bonds. The van der Waals surface area contributed by atoms with E-state index in [1.54, 1.807) is 30.3 Å². The average Bonchev–Trinajstić information content (AvgIpc) is 2.83. The Balaban J connectivity index is 1.43. The second kappa shape index (κ2) is 11.1. The van der Waals surface area contributed by atoms with Crippen LogP contribution in [-0.4, -0.2) is 6.61 Å². The highest BCUT2D eigenvalue weighted by atomic mass is 19.1. The fraction of sp³-hybridized carbons (Fsp3) is 0.200. The van der Waals surface area contributed by atoms with E-state index in [2.05, 4.69) is 11.8 Å². The molecule has 178 valence electrons. The van der Waals surface area contributed by atoms with Crippen LogP contribution >= 0.6 is 0 Å². The molecule has 0 aliphatic heterocycles. The number of aryl methyl sites for hydroxylation is 1. The molecule has 0 spiro atoms. The molecule has 4 rings (SSSR count). The Morgan fingerprint density at radius 2 is 1.46 bits per heavy atom. The Hall–Kier alpha value is -3.78. The predicted molar refractivity (Wildman–Crippen MR) is 130 cm³/mol. The van der Waals surface area contributed by atoms with Crippen molar-refractivity contribution in [1.82, 2.24) is 0 Å². The SMILES string of the molecule is CCCCOc1cc(F)c(CCc2ccc(C#Cc3ccc4cc(F)ccc4c3)c(F)c2)c(F)c1. The van der Waals surface area contributed by atoms with Crippen LogP contribution < -0.4 is 4.74 Å². The lowest BCUT2D eigenvalue weighted by Crippen LogP contribution is -2.03. The van der Waals surface area contributed by atoms with Crippen molar-refractivity contribution in [2.75, 3.05) is 6.61 Å². The van der Waals surface area contributed by atoms with Gasteiger partial charge in [-0.15, -0.1) is 0 Å². The summed E-state index contributed by atoms with van der Waals surface area (Å²) in [6, 6.07) is 16.8. The normalized spacial score (nSPS) is 10.8. The molecule has 0 heterocycles. The minimum absolute atomic E-state index is 0.0479. The van der Waals surface area contributed by atoms with E-state index >= 15 is 0 Å². The molecule has 0 saturated carbocycles. The summed E-state index contributed by atoms with van der Waals surface area (Å²) in [5.74, 6) is 3.77. The lowest BCUT2D eigenvalue weighted by Gasteiger charge is -2.10. The molecule has 0 aliphatic carbocycles. The van der Waals surface area contributed by atoms with Crippen LogP contribution in [-0.2, 0) is 12.8 Å². The summed E-state index contributed by atoms with van der Waals surface area (Å²) in [5, 5.41) is 1.60. The van der Waals surface area contributed by atoms with Crippen molar-refractivity contribution in [3.8, 4) is 17.6 Å². The number of hydrogen-bond acceptors (Lipinski definition) is 1. The maximum absolute atomic E-state index is 14.6. The van der Waals surface area contributed by atoms with E-state index in [4.69, 9.17) is 4.74 Å². The lowest BCUT2D eigenvalue weighted by atomic mass is 10.0. The van der Waals surface area contributed by atoms with E-state index in [0.717, 1.165) is 23.6 Å². The highest BCUT2D eigenvalue weighted by Gasteiger charge is 2.13. The van der Waals surface area contributed by atoms with Crippen LogP contribution in [0.3, 0.4) is 0 Å². The highest BCUT2D eigenvalue weighted by molar-refractivity contribution is 5.84. The lowest BCUT2D eigenvalue weighted by molar-refractivity contribution is 0.305. The molecule has 4 aromatic carbocycles. The molecule has 5 heteroatoms. The van der Waals surface area contributed by atoms with E-state index in [9.17, 15) is 17.6 Å². The van der Waals surface area contributed by atoms with Gasteiger partial charge in [0.2, 0.25) is 0 Å². The van der Waals surface area contributed by atoms with Crippen molar-refractivity contribution in [3.05, 3.63) is 112 Å². The van der Waals surface area contributed by atoms with E-state index in [0.29, 0.717) is 17.7 Å². The number of fused-ring (bicyclic) bond motifs is 1. The topological polar surface area (TPSA) is 9.23 Å². The second-order valence-electron chi connectivity index (χ2n) is 8.34. The van der Waals surface area contributed by atoms with Gasteiger partial charge in [0.15, 0.2) is 0 Å². The summed E-state index contributed by atoms with van der Waals surface area (Å²) < 4.78 is 62.2. The molecular weight excluding hydrogens is 452 g/mol. The maximum Gasteiger partial charge on any atom is 0.139 e. The standard InChI is InChI=1S/C30H24F4O/c1-2-3-14-35-26-18-29(33)27(30(34)19-26)13-7-21-5-9-22(28(32)16-21)8-4-20-6-10-24-17-25(31)12-11-23(24)15-20/h5-6,9-12,15-19H,2-3,7,13-14H2,1H3. The van der Waals surface area contributed by atoms with Crippen LogP contribution in [0.2, 0.25) is 0 Å². The first-order valence-electron chi connectivity index (χ1n) is 11.5. The van der Waals surface area contributed by atoms with Crippen LogP contribution in [0.25, 0.3) is 10.8 Å². The van der Waals surface area contributed by atoms with Gasteiger partial charge >= 0.3 is 0 Å². The summed E-state index contributed by atoms with van der Waals surface area (Å²) >= 11 is 0. The zero-order chi connectivity index (χ0) is 24.8. The van der Waals surface area contributed by atoms with E-state index in [1.165, 1.54) is 30.3 Å². The molecule has 0 aliphatic rings. The van der Waals surface area contributed by atoms with Crippen LogP contribution in [0.1, 0.15) is 42.0 Å². The van der Waals surface area contributed by atoms with Gasteiger partial charge in [-0.2, -0.15) is 0 Å². The van der Waals surface area contributed by atoms with Crippen molar-refractivity contribution < 1.29 is 22.3 Å². The summed E-state index contributed by atoms with van der Waals surface area (Å²) in [4.78, 5) is 0. The molecule has 0 saturated heterocycles. The molecule has 4 aromatic rings. The number of hydrogen-bond donors (Lipinski definition) is 0. The minimum Gasteiger partial charge on any atom is -0.493 e. The molecule has 35 heavy (non-hydrogen) atoms. The van der Waals surface area contributed by atoms with Gasteiger partial charge in [-0.05, 0) is 72.0 Å². The molecule has 0 radical (unpaired) electrons. The molecule has 0 N–H and O–H groups in total. The molecule has 0 unspecified atom stereocenters. The monoisotopic (exact) mass is 476 g/mol. The summed E-state index contributed by atoms with van der Waals surface area (Å²) in [7, 11) is 0. The smallest absolute Gasteiger partial charge is 0.139 e. The zero-order valence-corrected chi connectivity index (χ0v) is 19.3. The van der Waals surface area contributed by atoms with Gasteiger partial charge in [0.05, 0.1) is 12.2 Å². The first kappa shape index (κ1) is 24.3. The van der Waals surface area contributed by atoms with Gasteiger partial charge in [0, 0.05) is 23.3 Å². The highest BCUT2D eigenvalue weighted by Crippen LogP contribution is 2.23. The van der Waals surface area contributed by atoms with Gasteiger partial charge in [-0.25, -0.2) is 17.6 Å². The van der Waals surface area contributed by atoms with Gasteiger partial charge in [0.25, 0.3) is 0 Å². The fourth-order valence-corrected chi connectivity index (χ4v) is 3.75. The molecule has 0 atom stereocenters. The van der Waals surface area contributed by atoms with Crippen molar-refractivity contribution in [2.24, 2.45) is 0 Å². The Morgan fingerprint density at radius 3 is 2.20 bits per heavy atom. The van der Waals surface area contributed by atoms with Crippen molar-refractivity contribution >= 4 is 10.8 Å². The van der Waals surface area contributed by atoms with Gasteiger partial charge < -0.3 is 4.74 Å². The van der Waals surface area contributed by atoms with Crippen LogP contribution in [0.15, 0.2) is 66.7 Å². The van der Waals surface area contributed by atoms with Crippen LogP contribution in [0.5, 0.6) is 5.75 Å². The molecule has 0 fully saturated rings. The van der Waals surface area contributed by atoms with Crippen LogP contribution in [0.4, 0.5) is 17.6 Å². The van der Waals surface area contributed by atoms with Crippen molar-refractivity contribution in [1.29, 1.82) is 0 Å². The first-order valence-corrected chi connectivity index (χ1v) is 11.5. The zero-order valence-electron chi connectivity index (χ0n) is 19.3. The Bertz CT molecular complexity index is 1390. The first-order chi connectivity index (χ1) is 16.9. The van der Waals surface area contributed by atoms with E-state index in [-0.39, 0.29) is 35.5 Å². The minimum atomic E-state index is -0.669. The third-order valence-corrected chi connectivity index (χ3v) is 5.72. The predicted octanol–water partition coefficient (Wildman–Crippen LogP) is 7.76.